The van der Waals surface area contributed by atoms with Gasteiger partial charge in [0.2, 0.25) is 0 Å². The molecule has 0 N–H and O–H groups in total. The summed E-state index contributed by atoms with van der Waals surface area (Å²) in [4.78, 5) is 14.7. The summed E-state index contributed by atoms with van der Waals surface area (Å²) < 4.78 is 5.66. The van der Waals surface area contributed by atoms with Crippen molar-refractivity contribution in [3.8, 4) is 0 Å². The van der Waals surface area contributed by atoms with Crippen molar-refractivity contribution in [1.82, 2.24) is 0 Å². The van der Waals surface area contributed by atoms with E-state index < -0.39 is 0 Å². The molecule has 1 rings (SSSR count). The van der Waals surface area contributed by atoms with E-state index in [1.165, 1.54) is 5.56 Å². The molecule has 0 heterocycles. The number of allylic oxidation sites excluding steroid dienone is 4. The van der Waals surface area contributed by atoms with Gasteiger partial charge < -0.3 is 4.74 Å². The number of nitrogens with zero attached hydrogens (tertiary/aromatic N) is 1. The van der Waals surface area contributed by atoms with E-state index in [1.54, 1.807) is 0 Å². The Morgan fingerprint density at radius 1 is 1.26 bits per heavy atom. The molecule has 1 aromatic rings. The average Bonchev–Trinajstić information content (AvgIpc) is 2.55. The van der Waals surface area contributed by atoms with Crippen molar-refractivity contribution in [2.75, 3.05) is 6.61 Å². The molecule has 1 aromatic carbocycles. The molecule has 124 valence electrons. The van der Waals surface area contributed by atoms with Crippen LogP contribution in [0, 0.1) is 5.92 Å². The van der Waals surface area contributed by atoms with Crippen LogP contribution in [0.2, 0.25) is 0 Å². The highest BCUT2D eigenvalue weighted by Gasteiger charge is 1.98. The molecule has 0 bridgehead atoms. The lowest BCUT2D eigenvalue weighted by molar-refractivity contribution is 0.112. The molecule has 0 fully saturated rings. The lowest BCUT2D eigenvalue weighted by Gasteiger charge is -2.07. The Labute approximate surface area is 139 Å². The number of benzene rings is 1. The topological polar surface area (TPSA) is 38.7 Å². The summed E-state index contributed by atoms with van der Waals surface area (Å²) in [6.45, 7) is 10.7. The number of carbonyl (C=O) groups excluding carboxylic acids is 1. The lowest BCUT2D eigenvalue weighted by atomic mass is 10.1. The number of aryl methyl sites for hydroxylation is 1. The molecule has 0 spiro atoms. The highest BCUT2D eigenvalue weighted by atomic mass is 16.5. The summed E-state index contributed by atoms with van der Waals surface area (Å²) >= 11 is 0. The van der Waals surface area contributed by atoms with Gasteiger partial charge in [0, 0.05) is 11.3 Å². The summed E-state index contributed by atoms with van der Waals surface area (Å²) in [5.41, 5.74) is 2.80. The van der Waals surface area contributed by atoms with Gasteiger partial charge in [-0.15, -0.1) is 0 Å². The van der Waals surface area contributed by atoms with Crippen LogP contribution in [0.15, 0.2) is 52.9 Å². The fourth-order valence-corrected chi connectivity index (χ4v) is 1.97. The molecule has 0 aliphatic carbocycles. The molecule has 0 saturated heterocycles. The van der Waals surface area contributed by atoms with Crippen molar-refractivity contribution in [2.45, 2.75) is 40.0 Å². The fraction of sp³-hybridized carbons (Fsp3) is 0.400. The molecule has 0 amide bonds. The third kappa shape index (κ3) is 8.15. The molecule has 0 aromatic heterocycles. The summed E-state index contributed by atoms with van der Waals surface area (Å²) in [6.07, 6.45) is 7.48. The van der Waals surface area contributed by atoms with E-state index in [9.17, 15) is 4.79 Å². The predicted molar refractivity (Wildman–Crippen MR) is 96.9 cm³/mol. The van der Waals surface area contributed by atoms with E-state index in [0.29, 0.717) is 11.5 Å². The number of aldehydes is 1. The standard InChI is InChI=1S/C20H27NO2/c1-16(2)13-14-23-17(3)5-11-20(21-4)12-10-18-6-8-19(15-22)9-7-18/h5-9,11,15-16H,4,10,12-14H2,1-3H3/b17-5+,20-11-. The summed E-state index contributed by atoms with van der Waals surface area (Å²) in [5, 5.41) is 0. The predicted octanol–water partition coefficient (Wildman–Crippen LogP) is 4.98. The summed E-state index contributed by atoms with van der Waals surface area (Å²) in [6, 6.07) is 7.61. The zero-order valence-corrected chi connectivity index (χ0v) is 14.4. The van der Waals surface area contributed by atoms with Gasteiger partial charge in [0.1, 0.15) is 6.29 Å². The van der Waals surface area contributed by atoms with E-state index in [2.05, 4.69) is 25.6 Å². The molecule has 0 radical (unpaired) electrons. The minimum absolute atomic E-state index is 0.648. The van der Waals surface area contributed by atoms with Crippen LogP contribution in [-0.4, -0.2) is 19.6 Å². The Morgan fingerprint density at radius 2 is 1.96 bits per heavy atom. The summed E-state index contributed by atoms with van der Waals surface area (Å²) in [5.74, 6) is 1.54. The van der Waals surface area contributed by atoms with Crippen LogP contribution >= 0.6 is 0 Å². The maximum atomic E-state index is 10.6. The van der Waals surface area contributed by atoms with Crippen LogP contribution in [0.3, 0.4) is 0 Å². The van der Waals surface area contributed by atoms with Crippen LogP contribution < -0.4 is 0 Å². The van der Waals surface area contributed by atoms with Gasteiger partial charge in [0.25, 0.3) is 0 Å². The molecule has 0 atom stereocenters. The second-order valence-corrected chi connectivity index (χ2v) is 5.98. The minimum atomic E-state index is 0.648. The van der Waals surface area contributed by atoms with Crippen molar-refractivity contribution >= 4 is 13.0 Å². The third-order valence-electron chi connectivity index (χ3n) is 3.52. The van der Waals surface area contributed by atoms with Crippen molar-refractivity contribution < 1.29 is 9.53 Å². The molecule has 0 unspecified atom stereocenters. The third-order valence-corrected chi connectivity index (χ3v) is 3.52. The Kier molecular flexibility index (Phi) is 8.66. The Hall–Kier alpha value is -2.16. The molecule has 0 aliphatic heterocycles. The zero-order valence-electron chi connectivity index (χ0n) is 14.4. The van der Waals surface area contributed by atoms with Gasteiger partial charge in [-0.05, 0) is 56.5 Å². The maximum absolute atomic E-state index is 10.6. The van der Waals surface area contributed by atoms with Crippen molar-refractivity contribution in [3.05, 3.63) is 59.0 Å². The number of rotatable bonds is 10. The van der Waals surface area contributed by atoms with Gasteiger partial charge in [0.05, 0.1) is 12.4 Å². The van der Waals surface area contributed by atoms with Crippen LogP contribution in [0.25, 0.3) is 0 Å². The number of hydrogen-bond acceptors (Lipinski definition) is 3. The highest BCUT2D eigenvalue weighted by Crippen LogP contribution is 2.12. The summed E-state index contributed by atoms with van der Waals surface area (Å²) in [7, 11) is 0. The molecule has 0 aliphatic rings. The van der Waals surface area contributed by atoms with E-state index >= 15 is 0 Å². The van der Waals surface area contributed by atoms with Crippen LogP contribution in [0.5, 0.6) is 0 Å². The Morgan fingerprint density at radius 3 is 2.52 bits per heavy atom. The first-order chi connectivity index (χ1) is 11.0. The highest BCUT2D eigenvalue weighted by molar-refractivity contribution is 5.74. The lowest BCUT2D eigenvalue weighted by Crippen LogP contribution is -1.97. The van der Waals surface area contributed by atoms with Crippen LogP contribution in [0.4, 0.5) is 0 Å². The quantitative estimate of drug-likeness (QED) is 0.264. The Bertz CT molecular complexity index is 554. The van der Waals surface area contributed by atoms with E-state index in [4.69, 9.17) is 4.74 Å². The van der Waals surface area contributed by atoms with Crippen molar-refractivity contribution in [3.63, 3.8) is 0 Å². The van der Waals surface area contributed by atoms with Gasteiger partial charge in [-0.25, -0.2) is 0 Å². The Balaban J connectivity index is 2.50. The first-order valence-electron chi connectivity index (χ1n) is 8.06. The largest absolute Gasteiger partial charge is 0.498 e. The first kappa shape index (κ1) is 18.9. The smallest absolute Gasteiger partial charge is 0.150 e. The van der Waals surface area contributed by atoms with E-state index in [0.717, 1.165) is 43.6 Å². The van der Waals surface area contributed by atoms with Gasteiger partial charge in [-0.3, -0.25) is 9.79 Å². The normalized spacial score (nSPS) is 12.3. The number of hydrogen-bond donors (Lipinski definition) is 0. The maximum Gasteiger partial charge on any atom is 0.150 e. The molecule has 23 heavy (non-hydrogen) atoms. The fourth-order valence-electron chi connectivity index (χ4n) is 1.97. The SMILES string of the molecule is C=N/C(=C\C=C(/C)OCCC(C)C)CCc1ccc(C=O)cc1. The number of aliphatic imine (C=N–C) groups is 1. The molecular formula is C20H27NO2. The monoisotopic (exact) mass is 313 g/mol. The molecular weight excluding hydrogens is 286 g/mol. The molecule has 0 saturated carbocycles. The van der Waals surface area contributed by atoms with Gasteiger partial charge in [-0.1, -0.05) is 38.1 Å². The van der Waals surface area contributed by atoms with Crippen molar-refractivity contribution in [1.29, 1.82) is 0 Å². The second-order valence-electron chi connectivity index (χ2n) is 5.98. The molecule has 3 nitrogen and oxygen atoms in total. The van der Waals surface area contributed by atoms with E-state index in [-0.39, 0.29) is 0 Å². The van der Waals surface area contributed by atoms with Crippen LogP contribution in [0.1, 0.15) is 49.5 Å². The number of carbonyl (C=O) groups is 1. The van der Waals surface area contributed by atoms with E-state index in [1.807, 2.05) is 43.3 Å². The van der Waals surface area contributed by atoms with Gasteiger partial charge in [0.15, 0.2) is 0 Å². The average molecular weight is 313 g/mol. The van der Waals surface area contributed by atoms with Gasteiger partial charge in [-0.2, -0.15) is 0 Å². The van der Waals surface area contributed by atoms with Gasteiger partial charge >= 0.3 is 0 Å². The van der Waals surface area contributed by atoms with Crippen LogP contribution in [-0.2, 0) is 11.2 Å². The first-order valence-corrected chi connectivity index (χ1v) is 8.06. The van der Waals surface area contributed by atoms with Crippen molar-refractivity contribution in [2.24, 2.45) is 10.9 Å². The molecule has 3 heteroatoms. The number of ether oxygens (including phenoxy) is 1. The minimum Gasteiger partial charge on any atom is -0.498 e. The second kappa shape index (κ2) is 10.5. The zero-order chi connectivity index (χ0) is 17.1.